The van der Waals surface area contributed by atoms with Crippen LogP contribution < -0.4 is 0 Å². The number of carbonyl (C=O) groups excluding carboxylic acids is 2. The van der Waals surface area contributed by atoms with Crippen LogP contribution in [0.4, 0.5) is 0 Å². The molecule has 5 heteroatoms. The van der Waals surface area contributed by atoms with Gasteiger partial charge < -0.3 is 4.74 Å². The maximum absolute atomic E-state index is 12.3. The number of nitrogens with zero attached hydrogens (tertiary/aromatic N) is 1. The van der Waals surface area contributed by atoms with Crippen molar-refractivity contribution in [1.82, 2.24) is 4.98 Å². The van der Waals surface area contributed by atoms with Crippen molar-refractivity contribution < 1.29 is 14.3 Å². The summed E-state index contributed by atoms with van der Waals surface area (Å²) < 4.78 is 5.53. The zero-order valence-corrected chi connectivity index (χ0v) is 12.2. The molecule has 0 saturated carbocycles. The quantitative estimate of drug-likeness (QED) is 0.476. The van der Waals surface area contributed by atoms with Crippen LogP contribution in [0.5, 0.6) is 0 Å². The first-order valence-corrected chi connectivity index (χ1v) is 6.59. The maximum atomic E-state index is 12.3. The number of esters is 1. The molecule has 0 fully saturated rings. The van der Waals surface area contributed by atoms with Crippen molar-refractivity contribution in [2.24, 2.45) is 11.8 Å². The van der Waals surface area contributed by atoms with Gasteiger partial charge in [-0.2, -0.15) is 0 Å². The Morgan fingerprint density at radius 2 is 2.11 bits per heavy atom. The van der Waals surface area contributed by atoms with E-state index in [9.17, 15) is 9.59 Å². The van der Waals surface area contributed by atoms with Crippen molar-refractivity contribution in [3.05, 3.63) is 28.5 Å². The lowest BCUT2D eigenvalue weighted by Crippen LogP contribution is -2.31. The van der Waals surface area contributed by atoms with Crippen LogP contribution in [0, 0.1) is 11.8 Å². The fourth-order valence-corrected chi connectivity index (χ4v) is 2.08. The zero-order valence-electron chi connectivity index (χ0n) is 10.6. The highest BCUT2D eigenvalue weighted by atomic mass is 79.9. The molecular formula is C13H16BrNO3. The predicted molar refractivity (Wildman–Crippen MR) is 71.2 cm³/mol. The highest BCUT2D eigenvalue weighted by molar-refractivity contribution is 9.10. The molecule has 18 heavy (non-hydrogen) atoms. The lowest BCUT2D eigenvalue weighted by atomic mass is 9.90. The van der Waals surface area contributed by atoms with Crippen LogP contribution in [-0.2, 0) is 9.53 Å². The van der Waals surface area contributed by atoms with E-state index in [1.165, 1.54) is 6.20 Å². The predicted octanol–water partition coefficient (Wildman–Crippen LogP) is 2.86. The molecular weight excluding hydrogens is 298 g/mol. The Morgan fingerprint density at radius 1 is 1.44 bits per heavy atom. The van der Waals surface area contributed by atoms with Gasteiger partial charge in [-0.15, -0.1) is 0 Å². The van der Waals surface area contributed by atoms with E-state index < -0.39 is 11.9 Å². The third kappa shape index (κ3) is 3.38. The van der Waals surface area contributed by atoms with E-state index in [0.29, 0.717) is 4.47 Å². The van der Waals surface area contributed by atoms with Gasteiger partial charge in [0.05, 0.1) is 6.61 Å². The van der Waals surface area contributed by atoms with Gasteiger partial charge >= 0.3 is 5.97 Å². The van der Waals surface area contributed by atoms with E-state index in [1.807, 2.05) is 13.8 Å². The number of halogens is 1. The van der Waals surface area contributed by atoms with Crippen LogP contribution in [-0.4, -0.2) is 23.3 Å². The Hall–Kier alpha value is -1.23. The van der Waals surface area contributed by atoms with Gasteiger partial charge in [-0.3, -0.25) is 14.6 Å². The van der Waals surface area contributed by atoms with Crippen LogP contribution in [0.2, 0.25) is 0 Å². The van der Waals surface area contributed by atoms with Crippen molar-refractivity contribution in [3.8, 4) is 0 Å². The number of pyridine rings is 1. The number of ketones is 1. The molecule has 0 amide bonds. The topological polar surface area (TPSA) is 56.3 Å². The molecule has 0 aliphatic heterocycles. The Morgan fingerprint density at radius 3 is 2.61 bits per heavy atom. The molecule has 98 valence electrons. The molecule has 0 aromatic carbocycles. The van der Waals surface area contributed by atoms with E-state index in [-0.39, 0.29) is 24.0 Å². The monoisotopic (exact) mass is 313 g/mol. The normalized spacial score (nSPS) is 12.3. The van der Waals surface area contributed by atoms with Crippen molar-refractivity contribution in [3.63, 3.8) is 0 Å². The summed E-state index contributed by atoms with van der Waals surface area (Å²) in [5.74, 6) is -1.74. The average Bonchev–Trinajstić information content (AvgIpc) is 2.29. The first-order valence-electron chi connectivity index (χ1n) is 5.80. The average molecular weight is 314 g/mol. The van der Waals surface area contributed by atoms with Gasteiger partial charge in [-0.1, -0.05) is 13.8 Å². The molecule has 0 spiro atoms. The minimum Gasteiger partial charge on any atom is -0.465 e. The Bertz CT molecular complexity index is 446. The van der Waals surface area contributed by atoms with Crippen molar-refractivity contribution in [2.75, 3.05) is 6.61 Å². The molecule has 0 aliphatic rings. The minimum absolute atomic E-state index is 0.134. The molecule has 1 aromatic rings. The highest BCUT2D eigenvalue weighted by Crippen LogP contribution is 2.22. The van der Waals surface area contributed by atoms with Gasteiger partial charge in [0, 0.05) is 10.7 Å². The van der Waals surface area contributed by atoms with E-state index in [2.05, 4.69) is 20.9 Å². The molecule has 1 aromatic heterocycles. The first-order chi connectivity index (χ1) is 8.49. The number of hydrogen-bond acceptors (Lipinski definition) is 4. The minimum atomic E-state index is -0.809. The summed E-state index contributed by atoms with van der Waals surface area (Å²) in [6, 6.07) is 3.44. The molecule has 1 rings (SSSR count). The summed E-state index contributed by atoms with van der Waals surface area (Å²) in [5.41, 5.74) is 0.268. The fourth-order valence-electron chi connectivity index (χ4n) is 1.63. The smallest absolute Gasteiger partial charge is 0.317 e. The standard InChI is InChI=1S/C13H16BrNO3/c1-4-18-13(17)10(8(2)3)12(16)11-9(14)6-5-7-15-11/h5-8,10H,4H2,1-3H3. The summed E-state index contributed by atoms with van der Waals surface area (Å²) in [5, 5.41) is 0. The number of rotatable bonds is 5. The Kier molecular flexibility index (Phi) is 5.47. The van der Waals surface area contributed by atoms with Crippen LogP contribution >= 0.6 is 15.9 Å². The number of ether oxygens (including phenoxy) is 1. The Balaban J connectivity index is 3.04. The van der Waals surface area contributed by atoms with Gasteiger partial charge in [-0.25, -0.2) is 0 Å². The number of hydrogen-bond donors (Lipinski definition) is 0. The van der Waals surface area contributed by atoms with Gasteiger partial charge in [0.2, 0.25) is 0 Å². The molecule has 1 atom stereocenters. The third-order valence-corrected chi connectivity index (χ3v) is 3.12. The lowest BCUT2D eigenvalue weighted by molar-refractivity contribution is -0.147. The second-order valence-corrected chi connectivity index (χ2v) is 5.03. The van der Waals surface area contributed by atoms with Crippen LogP contribution in [0.3, 0.4) is 0 Å². The van der Waals surface area contributed by atoms with E-state index >= 15 is 0 Å². The van der Waals surface area contributed by atoms with E-state index in [4.69, 9.17) is 4.74 Å². The van der Waals surface area contributed by atoms with Gasteiger partial charge in [0.15, 0.2) is 5.78 Å². The number of aromatic nitrogens is 1. The largest absolute Gasteiger partial charge is 0.465 e. The van der Waals surface area contributed by atoms with Gasteiger partial charge in [0.1, 0.15) is 11.6 Å². The van der Waals surface area contributed by atoms with Crippen molar-refractivity contribution in [1.29, 1.82) is 0 Å². The molecule has 0 radical (unpaired) electrons. The van der Waals surface area contributed by atoms with Gasteiger partial charge in [0.25, 0.3) is 0 Å². The SMILES string of the molecule is CCOC(=O)C(C(=O)c1ncccc1Br)C(C)C. The second-order valence-electron chi connectivity index (χ2n) is 4.17. The van der Waals surface area contributed by atoms with Crippen molar-refractivity contribution in [2.45, 2.75) is 20.8 Å². The van der Waals surface area contributed by atoms with Crippen molar-refractivity contribution >= 4 is 27.7 Å². The third-order valence-electron chi connectivity index (χ3n) is 2.48. The van der Waals surface area contributed by atoms with Crippen LogP contribution in [0.15, 0.2) is 22.8 Å². The summed E-state index contributed by atoms with van der Waals surface area (Å²) in [4.78, 5) is 28.2. The molecule has 1 unspecified atom stereocenters. The summed E-state index contributed by atoms with van der Waals surface area (Å²) in [6.45, 7) is 5.61. The summed E-state index contributed by atoms with van der Waals surface area (Å²) in [7, 11) is 0. The molecule has 0 saturated heterocycles. The zero-order chi connectivity index (χ0) is 13.7. The maximum Gasteiger partial charge on any atom is 0.317 e. The summed E-state index contributed by atoms with van der Waals surface area (Å²) >= 11 is 3.27. The summed E-state index contributed by atoms with van der Waals surface area (Å²) in [6.07, 6.45) is 1.53. The number of carbonyl (C=O) groups is 2. The van der Waals surface area contributed by atoms with Gasteiger partial charge in [-0.05, 0) is 40.9 Å². The van der Waals surface area contributed by atoms with Crippen LogP contribution in [0.1, 0.15) is 31.3 Å². The first kappa shape index (κ1) is 14.8. The Labute approximate surface area is 115 Å². The lowest BCUT2D eigenvalue weighted by Gasteiger charge is -2.17. The molecule has 0 aliphatic carbocycles. The molecule has 1 heterocycles. The second kappa shape index (κ2) is 6.64. The molecule has 0 bridgehead atoms. The van der Waals surface area contributed by atoms with E-state index in [1.54, 1.807) is 19.1 Å². The molecule has 4 nitrogen and oxygen atoms in total. The van der Waals surface area contributed by atoms with E-state index in [0.717, 1.165) is 0 Å². The fraction of sp³-hybridized carbons (Fsp3) is 0.462. The highest BCUT2D eigenvalue weighted by Gasteiger charge is 2.33. The number of Topliss-reactive ketones (excluding diaryl/α,β-unsaturated/α-hetero) is 1. The van der Waals surface area contributed by atoms with Crippen LogP contribution in [0.25, 0.3) is 0 Å². The molecule has 0 N–H and O–H groups in total.